The van der Waals surface area contributed by atoms with Gasteiger partial charge in [-0.25, -0.2) is 4.98 Å². The summed E-state index contributed by atoms with van der Waals surface area (Å²) in [5, 5.41) is 8.35. The Hall–Kier alpha value is -2.25. The number of halogens is 1. The third-order valence-corrected chi connectivity index (χ3v) is 10.2. The van der Waals surface area contributed by atoms with Crippen LogP contribution >= 0.6 is 23.9 Å². The Morgan fingerprint density at radius 3 is 2.43 bits per heavy atom. The van der Waals surface area contributed by atoms with Crippen LogP contribution in [0.25, 0.3) is 0 Å². The van der Waals surface area contributed by atoms with Crippen molar-refractivity contribution in [2.75, 3.05) is 50.3 Å². The quantitative estimate of drug-likeness (QED) is 0.228. The summed E-state index contributed by atoms with van der Waals surface area (Å²) < 4.78 is 12.8. The van der Waals surface area contributed by atoms with Gasteiger partial charge in [0.1, 0.15) is 11.6 Å². The molecule has 0 aliphatic carbocycles. The van der Waals surface area contributed by atoms with Crippen LogP contribution in [0.4, 0.5) is 23.1 Å². The molecule has 0 radical (unpaired) electrons. The van der Waals surface area contributed by atoms with Crippen molar-refractivity contribution in [1.29, 1.82) is 0 Å². The molecule has 3 aromatic rings. The van der Waals surface area contributed by atoms with Crippen LogP contribution in [-0.4, -0.2) is 66.6 Å². The monoisotopic (exact) mass is 653 g/mol. The van der Waals surface area contributed by atoms with Crippen molar-refractivity contribution in [2.45, 2.75) is 71.4 Å². The fourth-order valence-corrected chi connectivity index (χ4v) is 7.46. The summed E-state index contributed by atoms with van der Waals surface area (Å²) in [6.45, 7) is 17.1. The number of rotatable bonds is 9. The highest BCUT2D eigenvalue weighted by atomic mass is 79.9. The zero-order valence-electron chi connectivity index (χ0n) is 25.8. The lowest BCUT2D eigenvalue weighted by molar-refractivity contribution is 0.0251. The molecular weight excluding hydrogens is 609 g/mol. The number of benzene rings is 2. The second kappa shape index (κ2) is 14.0. The molecule has 9 heteroatoms. The van der Waals surface area contributed by atoms with Crippen LogP contribution in [0, 0.1) is 13.8 Å². The van der Waals surface area contributed by atoms with Gasteiger partial charge in [-0.05, 0) is 142 Å². The largest absolute Gasteiger partial charge is 0.489 e. The number of anilines is 4. The van der Waals surface area contributed by atoms with E-state index >= 15 is 0 Å². The molecule has 2 aromatic carbocycles. The molecule has 2 aliphatic rings. The molecule has 0 bridgehead atoms. The fraction of sp³-hybridized carbons (Fsp3) is 0.515. The molecule has 2 fully saturated rings. The van der Waals surface area contributed by atoms with Crippen LogP contribution in [0.5, 0.6) is 5.75 Å². The number of nitrogens with zero attached hydrogens (tertiary/aromatic N) is 3. The summed E-state index contributed by atoms with van der Waals surface area (Å²) >= 11 is 3.65. The Labute approximate surface area is 261 Å². The van der Waals surface area contributed by atoms with Crippen LogP contribution in [-0.2, 0) is 4.74 Å². The number of nitrogens with one attached hydrogen (secondary N) is 2. The maximum Gasteiger partial charge on any atom is 0.229 e. The normalized spacial score (nSPS) is 17.2. The molecule has 0 atom stereocenters. The van der Waals surface area contributed by atoms with Gasteiger partial charge in [-0.15, -0.1) is 0 Å². The second-order valence-electron chi connectivity index (χ2n) is 12.1. The van der Waals surface area contributed by atoms with Crippen LogP contribution in [0.1, 0.15) is 62.1 Å². The number of hydrogen-bond acceptors (Lipinski definition) is 7. The predicted octanol–water partition coefficient (Wildman–Crippen LogP) is 7.86. The van der Waals surface area contributed by atoms with Crippen molar-refractivity contribution in [2.24, 2.45) is 0 Å². The van der Waals surface area contributed by atoms with Crippen molar-refractivity contribution in [3.05, 3.63) is 57.7 Å². The average Bonchev–Trinajstić information content (AvgIpc) is 2.97. The van der Waals surface area contributed by atoms with E-state index in [0.717, 1.165) is 66.6 Å². The van der Waals surface area contributed by atoms with E-state index < -0.39 is 0 Å². The summed E-state index contributed by atoms with van der Waals surface area (Å²) in [7, 11) is -0.279. The van der Waals surface area contributed by atoms with Crippen molar-refractivity contribution in [3.63, 3.8) is 0 Å². The van der Waals surface area contributed by atoms with Crippen molar-refractivity contribution in [3.8, 4) is 5.75 Å². The van der Waals surface area contributed by atoms with Gasteiger partial charge < -0.3 is 25.0 Å². The highest BCUT2D eigenvalue weighted by Gasteiger charge is 2.28. The lowest BCUT2D eigenvalue weighted by atomic mass is 9.85. The number of piperidine rings is 1. The lowest BCUT2D eigenvalue weighted by Crippen LogP contribution is -2.43. The van der Waals surface area contributed by atoms with E-state index in [4.69, 9.17) is 14.5 Å². The summed E-state index contributed by atoms with van der Waals surface area (Å²) in [5.41, 5.74) is 5.90. The first-order valence-electron chi connectivity index (χ1n) is 15.2. The topological polar surface area (TPSA) is 71.5 Å². The molecule has 5 rings (SSSR count). The Balaban J connectivity index is 1.36. The second-order valence-corrected chi connectivity index (χ2v) is 15.2. The van der Waals surface area contributed by atoms with Gasteiger partial charge in [-0.3, -0.25) is 0 Å². The van der Waals surface area contributed by atoms with Crippen LogP contribution in [0.2, 0.25) is 0 Å². The van der Waals surface area contributed by atoms with Gasteiger partial charge >= 0.3 is 0 Å². The van der Waals surface area contributed by atoms with E-state index in [0.29, 0.717) is 17.9 Å². The van der Waals surface area contributed by atoms with E-state index in [1.807, 2.05) is 0 Å². The molecular formula is C33H45BrN5O2P. The standard InChI is InChI=1S/C33H45BrN5O2P/c1-21(2)41-30-19-26(24-9-13-39(14-10-24)25-11-15-40-16-12-25)23(4)18-29(30)37-33-35-20-27(34)32(38-33)36-28-8-7-22(3)17-31(28)42(5)6/h7-8,17-21,24-25H,9-16H2,1-6H3,(H2,35,36,37,38). The van der Waals surface area contributed by atoms with Crippen LogP contribution in [0.3, 0.4) is 0 Å². The van der Waals surface area contributed by atoms with Gasteiger partial charge in [0.2, 0.25) is 5.95 Å². The fourth-order valence-electron chi connectivity index (χ4n) is 6.10. The minimum Gasteiger partial charge on any atom is -0.489 e. The predicted molar refractivity (Wildman–Crippen MR) is 180 cm³/mol. The van der Waals surface area contributed by atoms with Gasteiger partial charge in [0.05, 0.1) is 16.3 Å². The Morgan fingerprint density at radius 2 is 1.74 bits per heavy atom. The summed E-state index contributed by atoms with van der Waals surface area (Å²) in [5.74, 6) is 2.64. The van der Waals surface area contributed by atoms with E-state index in [-0.39, 0.29) is 14.0 Å². The Kier molecular flexibility index (Phi) is 10.4. The molecule has 0 saturated carbocycles. The average molecular weight is 655 g/mol. The van der Waals surface area contributed by atoms with Crippen molar-refractivity contribution >= 4 is 52.3 Å². The van der Waals surface area contributed by atoms with E-state index in [1.54, 1.807) is 6.20 Å². The molecule has 42 heavy (non-hydrogen) atoms. The number of ether oxygens (including phenoxy) is 2. The van der Waals surface area contributed by atoms with Crippen molar-refractivity contribution in [1.82, 2.24) is 14.9 Å². The maximum absolute atomic E-state index is 6.36. The maximum atomic E-state index is 6.36. The van der Waals surface area contributed by atoms with Gasteiger partial charge in [0, 0.05) is 31.1 Å². The zero-order chi connectivity index (χ0) is 29.8. The molecule has 2 N–H and O–H groups in total. The number of likely N-dealkylation sites (tertiary alicyclic amines) is 1. The molecule has 226 valence electrons. The first-order chi connectivity index (χ1) is 20.2. The van der Waals surface area contributed by atoms with Crippen molar-refractivity contribution < 1.29 is 9.47 Å². The SMILES string of the molecule is Cc1ccc(Nc2nc(Nc3cc(C)c(C4CCN(C5CCOCC5)CC4)cc3OC(C)C)ncc2Br)c(P(C)C)c1. The number of aryl methyl sites for hydroxylation is 2. The van der Waals surface area contributed by atoms with Gasteiger partial charge in [0.15, 0.2) is 0 Å². The lowest BCUT2D eigenvalue weighted by Gasteiger charge is -2.39. The van der Waals surface area contributed by atoms with Crippen LogP contribution < -0.4 is 20.7 Å². The summed E-state index contributed by atoms with van der Waals surface area (Å²) in [4.78, 5) is 12.1. The molecule has 0 unspecified atom stereocenters. The first-order valence-corrected chi connectivity index (χ1v) is 18.2. The Bertz CT molecular complexity index is 1370. The number of aromatic nitrogens is 2. The van der Waals surface area contributed by atoms with E-state index in [2.05, 4.69) is 108 Å². The Morgan fingerprint density at radius 1 is 1.00 bits per heavy atom. The molecule has 2 saturated heterocycles. The van der Waals surface area contributed by atoms with E-state index in [9.17, 15) is 0 Å². The molecule has 2 aliphatic heterocycles. The zero-order valence-corrected chi connectivity index (χ0v) is 28.3. The van der Waals surface area contributed by atoms with E-state index in [1.165, 1.54) is 34.8 Å². The van der Waals surface area contributed by atoms with Gasteiger partial charge in [-0.2, -0.15) is 4.98 Å². The summed E-state index contributed by atoms with van der Waals surface area (Å²) in [6.07, 6.45) is 6.53. The molecule has 0 amide bonds. The minimum atomic E-state index is -0.279. The molecule has 3 heterocycles. The summed E-state index contributed by atoms with van der Waals surface area (Å²) in [6, 6.07) is 11.7. The third kappa shape index (κ3) is 7.63. The molecule has 1 aromatic heterocycles. The third-order valence-electron chi connectivity index (χ3n) is 8.29. The van der Waals surface area contributed by atoms with Crippen LogP contribution in [0.15, 0.2) is 41.0 Å². The first kappa shape index (κ1) is 31.2. The smallest absolute Gasteiger partial charge is 0.229 e. The highest BCUT2D eigenvalue weighted by Crippen LogP contribution is 2.39. The molecule has 0 spiro atoms. The van der Waals surface area contributed by atoms with Gasteiger partial charge in [0.25, 0.3) is 0 Å². The molecule has 7 nitrogen and oxygen atoms in total. The number of hydrogen-bond donors (Lipinski definition) is 2. The highest BCUT2D eigenvalue weighted by molar-refractivity contribution is 9.10. The minimum absolute atomic E-state index is 0.0532. The van der Waals surface area contributed by atoms with Gasteiger partial charge in [-0.1, -0.05) is 19.6 Å².